The molecule has 0 saturated heterocycles. The third kappa shape index (κ3) is 1.98. The van der Waals surface area contributed by atoms with Gasteiger partial charge in [-0.25, -0.2) is 0 Å². The highest BCUT2D eigenvalue weighted by Gasteiger charge is 2.33. The number of aryl methyl sites for hydroxylation is 1. The van der Waals surface area contributed by atoms with E-state index in [9.17, 15) is 0 Å². The van der Waals surface area contributed by atoms with Crippen molar-refractivity contribution in [2.75, 3.05) is 0 Å². The van der Waals surface area contributed by atoms with Crippen LogP contribution in [0.1, 0.15) is 41.5 Å². The first kappa shape index (κ1) is 13.6. The van der Waals surface area contributed by atoms with Crippen LogP contribution in [0.2, 0.25) is 0 Å². The summed E-state index contributed by atoms with van der Waals surface area (Å²) in [7, 11) is 0. The summed E-state index contributed by atoms with van der Waals surface area (Å²) in [5, 5.41) is 0. The minimum Gasteiger partial charge on any atom is -0.0758 e. The van der Waals surface area contributed by atoms with Crippen LogP contribution in [0.25, 0.3) is 5.57 Å². The lowest BCUT2D eigenvalue weighted by atomic mass is 9.74. The van der Waals surface area contributed by atoms with Gasteiger partial charge < -0.3 is 0 Å². The molecule has 2 aliphatic carbocycles. The fourth-order valence-corrected chi connectivity index (χ4v) is 4.27. The average molecular weight is 286 g/mol. The molecule has 0 aromatic heterocycles. The molecule has 0 radical (unpaired) electrons. The topological polar surface area (TPSA) is 0 Å². The van der Waals surface area contributed by atoms with Gasteiger partial charge in [0.15, 0.2) is 0 Å². The Morgan fingerprint density at radius 2 is 1.77 bits per heavy atom. The maximum absolute atomic E-state index is 2.44. The Bertz CT molecular complexity index is 776. The number of hydrogen-bond acceptors (Lipinski definition) is 0. The molecule has 4 rings (SSSR count). The summed E-state index contributed by atoms with van der Waals surface area (Å²) in [5.41, 5.74) is 9.01. The summed E-state index contributed by atoms with van der Waals surface area (Å²) in [6.45, 7) is 4.58. The lowest BCUT2D eigenvalue weighted by molar-refractivity contribution is 0.522. The van der Waals surface area contributed by atoms with Gasteiger partial charge in [0.25, 0.3) is 0 Å². The van der Waals surface area contributed by atoms with Crippen molar-refractivity contribution < 1.29 is 0 Å². The van der Waals surface area contributed by atoms with Crippen LogP contribution in [-0.4, -0.2) is 0 Å². The van der Waals surface area contributed by atoms with Crippen molar-refractivity contribution in [2.24, 2.45) is 5.92 Å². The minimum atomic E-state index is 0.527. The lowest BCUT2D eigenvalue weighted by Gasteiger charge is -2.30. The zero-order valence-corrected chi connectivity index (χ0v) is 13.3. The molecule has 2 aromatic rings. The van der Waals surface area contributed by atoms with E-state index in [1.165, 1.54) is 34.2 Å². The van der Waals surface area contributed by atoms with Crippen molar-refractivity contribution >= 4 is 5.57 Å². The van der Waals surface area contributed by atoms with Crippen LogP contribution in [0.15, 0.2) is 66.3 Å². The summed E-state index contributed by atoms with van der Waals surface area (Å²) in [4.78, 5) is 0. The molecule has 0 N–H and O–H groups in total. The Morgan fingerprint density at radius 3 is 2.59 bits per heavy atom. The van der Waals surface area contributed by atoms with Gasteiger partial charge in [0.2, 0.25) is 0 Å². The van der Waals surface area contributed by atoms with Crippen molar-refractivity contribution in [1.29, 1.82) is 0 Å². The van der Waals surface area contributed by atoms with Gasteiger partial charge in [0.05, 0.1) is 0 Å². The second kappa shape index (κ2) is 5.28. The van der Waals surface area contributed by atoms with Gasteiger partial charge in [-0.1, -0.05) is 73.2 Å². The molecule has 0 bridgehead atoms. The van der Waals surface area contributed by atoms with E-state index in [0.717, 1.165) is 6.42 Å². The highest BCUT2D eigenvalue weighted by molar-refractivity contribution is 5.84. The molecule has 0 nitrogen and oxygen atoms in total. The van der Waals surface area contributed by atoms with E-state index in [0.29, 0.717) is 11.8 Å². The SMILES string of the molecule is CCC1C2=C(C=CC1c1ccccc1C)c1ccccc1C2. The number of allylic oxidation sites excluding steroid dienone is 4. The third-order valence-electron chi connectivity index (χ3n) is 5.37. The van der Waals surface area contributed by atoms with Crippen LogP contribution in [0.4, 0.5) is 0 Å². The predicted octanol–water partition coefficient (Wildman–Crippen LogP) is 5.68. The molecule has 0 heteroatoms. The van der Waals surface area contributed by atoms with E-state index in [1.54, 1.807) is 5.57 Å². The van der Waals surface area contributed by atoms with Gasteiger partial charge in [0.1, 0.15) is 0 Å². The Hall–Kier alpha value is -2.08. The fourth-order valence-electron chi connectivity index (χ4n) is 4.27. The molecule has 0 amide bonds. The summed E-state index contributed by atoms with van der Waals surface area (Å²) < 4.78 is 0. The fraction of sp³-hybridized carbons (Fsp3) is 0.273. The summed E-state index contributed by atoms with van der Waals surface area (Å²) in [5.74, 6) is 1.16. The second-order valence-electron chi connectivity index (χ2n) is 6.53. The molecular formula is C22H22. The molecule has 2 aliphatic rings. The molecule has 2 atom stereocenters. The Morgan fingerprint density at radius 1 is 1.00 bits per heavy atom. The van der Waals surface area contributed by atoms with Crippen molar-refractivity contribution in [1.82, 2.24) is 0 Å². The molecular weight excluding hydrogens is 264 g/mol. The van der Waals surface area contributed by atoms with E-state index in [1.807, 2.05) is 0 Å². The molecule has 0 spiro atoms. The average Bonchev–Trinajstić information content (AvgIpc) is 2.93. The molecule has 0 saturated carbocycles. The highest BCUT2D eigenvalue weighted by atomic mass is 14.4. The molecule has 0 aliphatic heterocycles. The summed E-state index contributed by atoms with van der Waals surface area (Å²) >= 11 is 0. The van der Waals surface area contributed by atoms with Gasteiger partial charge in [-0.2, -0.15) is 0 Å². The maximum atomic E-state index is 2.44. The van der Waals surface area contributed by atoms with Crippen molar-refractivity contribution in [3.63, 3.8) is 0 Å². The largest absolute Gasteiger partial charge is 0.0758 e. The van der Waals surface area contributed by atoms with E-state index >= 15 is 0 Å². The molecule has 2 unspecified atom stereocenters. The van der Waals surface area contributed by atoms with Gasteiger partial charge in [-0.05, 0) is 53.5 Å². The maximum Gasteiger partial charge on any atom is 0.00897 e. The molecule has 0 fully saturated rings. The number of hydrogen-bond donors (Lipinski definition) is 0. The van der Waals surface area contributed by atoms with Crippen LogP contribution in [0.5, 0.6) is 0 Å². The molecule has 110 valence electrons. The molecule has 2 aromatic carbocycles. The van der Waals surface area contributed by atoms with Gasteiger partial charge in [-0.3, -0.25) is 0 Å². The predicted molar refractivity (Wildman–Crippen MR) is 93.9 cm³/mol. The Labute approximate surface area is 133 Å². The smallest absolute Gasteiger partial charge is 0.00897 e. The van der Waals surface area contributed by atoms with Crippen molar-refractivity contribution in [2.45, 2.75) is 32.6 Å². The normalized spacial score (nSPS) is 22.6. The van der Waals surface area contributed by atoms with Crippen LogP contribution < -0.4 is 0 Å². The highest BCUT2D eigenvalue weighted by Crippen LogP contribution is 2.47. The van der Waals surface area contributed by atoms with Crippen molar-refractivity contribution in [3.8, 4) is 0 Å². The van der Waals surface area contributed by atoms with Gasteiger partial charge in [0, 0.05) is 5.92 Å². The summed E-state index contributed by atoms with van der Waals surface area (Å²) in [6.07, 6.45) is 7.16. The first-order valence-corrected chi connectivity index (χ1v) is 8.34. The standard InChI is InChI=1S/C22H22/c1-3-17-20(18-10-6-4-8-15(18)2)12-13-21-19-11-7-5-9-16(19)14-22(17)21/h4-13,17,20H,3,14H2,1-2H3. The first-order chi connectivity index (χ1) is 10.8. The van der Waals surface area contributed by atoms with E-state index in [4.69, 9.17) is 0 Å². The zero-order valence-electron chi connectivity index (χ0n) is 13.3. The zero-order chi connectivity index (χ0) is 15.1. The van der Waals surface area contributed by atoms with E-state index in [-0.39, 0.29) is 0 Å². The Balaban J connectivity index is 1.78. The van der Waals surface area contributed by atoms with Crippen LogP contribution in [0, 0.1) is 12.8 Å². The van der Waals surface area contributed by atoms with E-state index < -0.39 is 0 Å². The second-order valence-corrected chi connectivity index (χ2v) is 6.53. The Kier molecular flexibility index (Phi) is 3.26. The van der Waals surface area contributed by atoms with Crippen molar-refractivity contribution in [3.05, 3.63) is 88.5 Å². The van der Waals surface area contributed by atoms with Gasteiger partial charge >= 0.3 is 0 Å². The summed E-state index contributed by atoms with van der Waals surface area (Å²) in [6, 6.07) is 17.8. The number of fused-ring (bicyclic) bond motifs is 2. The molecule has 22 heavy (non-hydrogen) atoms. The van der Waals surface area contributed by atoms with Crippen LogP contribution in [-0.2, 0) is 6.42 Å². The number of benzene rings is 2. The minimum absolute atomic E-state index is 0.527. The van der Waals surface area contributed by atoms with Crippen LogP contribution in [0.3, 0.4) is 0 Å². The molecule has 0 heterocycles. The van der Waals surface area contributed by atoms with E-state index in [2.05, 4.69) is 74.5 Å². The van der Waals surface area contributed by atoms with Crippen LogP contribution >= 0.6 is 0 Å². The third-order valence-corrected chi connectivity index (χ3v) is 5.37. The number of rotatable bonds is 2. The lowest BCUT2D eigenvalue weighted by Crippen LogP contribution is -2.17. The quantitative estimate of drug-likeness (QED) is 0.666. The van der Waals surface area contributed by atoms with Gasteiger partial charge in [-0.15, -0.1) is 0 Å². The first-order valence-electron chi connectivity index (χ1n) is 8.34. The monoisotopic (exact) mass is 286 g/mol.